The van der Waals surface area contributed by atoms with Crippen molar-refractivity contribution in [1.82, 2.24) is 9.80 Å². The zero-order chi connectivity index (χ0) is 19.6. The lowest BCUT2D eigenvalue weighted by Gasteiger charge is -2.38. The van der Waals surface area contributed by atoms with Crippen LogP contribution in [-0.4, -0.2) is 46.0 Å². The maximum absolute atomic E-state index is 13.4. The van der Waals surface area contributed by atoms with Crippen molar-refractivity contribution in [3.8, 4) is 0 Å². The topological polar surface area (TPSA) is 49.9 Å². The van der Waals surface area contributed by atoms with Crippen LogP contribution in [0.5, 0.6) is 0 Å². The first-order valence-corrected chi connectivity index (χ1v) is 10.2. The van der Waals surface area contributed by atoms with E-state index in [2.05, 4.69) is 0 Å². The van der Waals surface area contributed by atoms with Crippen LogP contribution in [0, 0.1) is 0 Å². The largest absolute Gasteiger partial charge is 0.444 e. The van der Waals surface area contributed by atoms with E-state index in [0.717, 1.165) is 31.2 Å². The summed E-state index contributed by atoms with van der Waals surface area (Å²) in [5.74, 6) is 0.0398. The van der Waals surface area contributed by atoms with Gasteiger partial charge >= 0.3 is 6.09 Å². The van der Waals surface area contributed by atoms with Gasteiger partial charge in [0.25, 0.3) is 0 Å². The molecule has 1 aromatic rings. The summed E-state index contributed by atoms with van der Waals surface area (Å²) in [6.07, 6.45) is 4.22. The summed E-state index contributed by atoms with van der Waals surface area (Å²) in [5.41, 5.74) is 0.487. The molecule has 1 aromatic carbocycles. The molecule has 3 rings (SSSR count). The summed E-state index contributed by atoms with van der Waals surface area (Å²) in [4.78, 5) is 29.6. The van der Waals surface area contributed by atoms with Crippen LogP contribution in [0.4, 0.5) is 4.79 Å². The standard InChI is InChI=1S/C21H29ClN2O3/c1-21(2,3)27-20(26)23-13-5-4-6-18(23)19(25)24(17-11-12-17)14-15-7-9-16(22)10-8-15/h7-10,17-18H,4-6,11-14H2,1-3H3. The molecule has 1 aliphatic carbocycles. The predicted molar refractivity (Wildman–Crippen MR) is 106 cm³/mol. The van der Waals surface area contributed by atoms with Crippen molar-refractivity contribution in [3.63, 3.8) is 0 Å². The monoisotopic (exact) mass is 392 g/mol. The summed E-state index contributed by atoms with van der Waals surface area (Å²) in [5, 5.41) is 0.687. The fraction of sp³-hybridized carbons (Fsp3) is 0.619. The molecule has 1 aliphatic heterocycles. The zero-order valence-corrected chi connectivity index (χ0v) is 17.2. The number of benzene rings is 1. The maximum Gasteiger partial charge on any atom is 0.410 e. The van der Waals surface area contributed by atoms with E-state index in [0.29, 0.717) is 24.5 Å². The second-order valence-corrected chi connectivity index (χ2v) is 8.95. The molecule has 0 bridgehead atoms. The first-order chi connectivity index (χ1) is 12.7. The Morgan fingerprint density at radius 1 is 1.15 bits per heavy atom. The van der Waals surface area contributed by atoms with Crippen LogP contribution in [0.15, 0.2) is 24.3 Å². The van der Waals surface area contributed by atoms with Gasteiger partial charge in [0, 0.05) is 24.2 Å². The van der Waals surface area contributed by atoms with E-state index in [4.69, 9.17) is 16.3 Å². The Balaban J connectivity index is 1.74. The Labute approximate surface area is 166 Å². The van der Waals surface area contributed by atoms with Gasteiger partial charge in [-0.25, -0.2) is 4.79 Å². The second-order valence-electron chi connectivity index (χ2n) is 8.51. The fourth-order valence-electron chi connectivity index (χ4n) is 3.48. The lowest BCUT2D eigenvalue weighted by atomic mass is 10.0. The SMILES string of the molecule is CC(C)(C)OC(=O)N1CCCCC1C(=O)N(Cc1ccc(Cl)cc1)C1CC1. The number of nitrogens with zero attached hydrogens (tertiary/aromatic N) is 2. The van der Waals surface area contributed by atoms with Crippen molar-refractivity contribution >= 4 is 23.6 Å². The summed E-state index contributed by atoms with van der Waals surface area (Å²) < 4.78 is 5.55. The lowest BCUT2D eigenvalue weighted by molar-refractivity contribution is -0.139. The van der Waals surface area contributed by atoms with Gasteiger partial charge in [-0.3, -0.25) is 9.69 Å². The van der Waals surface area contributed by atoms with E-state index in [1.165, 1.54) is 0 Å². The molecule has 5 nitrogen and oxygen atoms in total. The van der Waals surface area contributed by atoms with E-state index >= 15 is 0 Å². The molecule has 0 spiro atoms. The average molecular weight is 393 g/mol. The van der Waals surface area contributed by atoms with Crippen LogP contribution >= 0.6 is 11.6 Å². The van der Waals surface area contributed by atoms with Gasteiger partial charge in [0.15, 0.2) is 0 Å². The van der Waals surface area contributed by atoms with Crippen LogP contribution in [-0.2, 0) is 16.1 Å². The highest BCUT2D eigenvalue weighted by Crippen LogP contribution is 2.31. The molecule has 1 unspecified atom stereocenters. The van der Waals surface area contributed by atoms with Crippen molar-refractivity contribution in [2.24, 2.45) is 0 Å². The molecule has 27 heavy (non-hydrogen) atoms. The number of amides is 2. The molecule has 6 heteroatoms. The lowest BCUT2D eigenvalue weighted by Crippen LogP contribution is -2.54. The number of hydrogen-bond donors (Lipinski definition) is 0. The molecule has 2 aliphatic rings. The third-order valence-electron chi connectivity index (χ3n) is 4.95. The van der Waals surface area contributed by atoms with E-state index in [1.54, 1.807) is 4.90 Å². The number of carbonyl (C=O) groups is 2. The Hall–Kier alpha value is -1.75. The number of ether oxygens (including phenoxy) is 1. The van der Waals surface area contributed by atoms with Crippen LogP contribution < -0.4 is 0 Å². The predicted octanol–water partition coefficient (Wildman–Crippen LogP) is 4.62. The Morgan fingerprint density at radius 2 is 1.81 bits per heavy atom. The van der Waals surface area contributed by atoms with Crippen molar-refractivity contribution in [1.29, 1.82) is 0 Å². The number of piperidine rings is 1. The van der Waals surface area contributed by atoms with Gasteiger partial charge in [0.05, 0.1) is 0 Å². The molecule has 1 heterocycles. The van der Waals surface area contributed by atoms with Gasteiger partial charge in [-0.15, -0.1) is 0 Å². The normalized spacial score (nSPS) is 20.3. The van der Waals surface area contributed by atoms with Crippen molar-refractivity contribution in [3.05, 3.63) is 34.9 Å². The highest BCUT2D eigenvalue weighted by Gasteiger charge is 2.41. The molecule has 148 valence electrons. The Kier molecular flexibility index (Phi) is 5.99. The van der Waals surface area contributed by atoms with E-state index in [1.807, 2.05) is 49.9 Å². The molecule has 1 atom stereocenters. The molecular formula is C21H29ClN2O3. The summed E-state index contributed by atoms with van der Waals surface area (Å²) in [6.45, 7) is 6.68. The van der Waals surface area contributed by atoms with E-state index in [9.17, 15) is 9.59 Å². The third kappa shape index (κ3) is 5.38. The van der Waals surface area contributed by atoms with Gasteiger partial charge < -0.3 is 9.64 Å². The van der Waals surface area contributed by atoms with Gasteiger partial charge in [0.1, 0.15) is 11.6 Å². The molecule has 0 radical (unpaired) electrons. The van der Waals surface area contributed by atoms with Crippen LogP contribution in [0.3, 0.4) is 0 Å². The first-order valence-electron chi connectivity index (χ1n) is 9.79. The molecular weight excluding hydrogens is 364 g/mol. The Bertz CT molecular complexity index is 680. The van der Waals surface area contributed by atoms with Crippen LogP contribution in [0.25, 0.3) is 0 Å². The molecule has 1 saturated heterocycles. The first kappa shape index (κ1) is 20.0. The highest BCUT2D eigenvalue weighted by molar-refractivity contribution is 6.30. The minimum atomic E-state index is -0.568. The quantitative estimate of drug-likeness (QED) is 0.751. The number of hydrogen-bond acceptors (Lipinski definition) is 3. The molecule has 0 N–H and O–H groups in total. The van der Waals surface area contributed by atoms with Gasteiger partial charge in [-0.1, -0.05) is 23.7 Å². The van der Waals surface area contributed by atoms with Crippen LogP contribution in [0.2, 0.25) is 5.02 Å². The fourth-order valence-corrected chi connectivity index (χ4v) is 3.60. The van der Waals surface area contributed by atoms with Crippen molar-refractivity contribution in [2.75, 3.05) is 6.54 Å². The van der Waals surface area contributed by atoms with Gasteiger partial charge in [-0.05, 0) is 70.6 Å². The van der Waals surface area contributed by atoms with Crippen molar-refractivity contribution in [2.45, 2.75) is 77.1 Å². The molecule has 2 amide bonds. The second kappa shape index (κ2) is 8.09. The highest BCUT2D eigenvalue weighted by atomic mass is 35.5. The maximum atomic E-state index is 13.4. The smallest absolute Gasteiger partial charge is 0.410 e. The number of halogens is 1. The number of carbonyl (C=O) groups excluding carboxylic acids is 2. The average Bonchev–Trinajstić information content (AvgIpc) is 3.44. The van der Waals surface area contributed by atoms with Crippen LogP contribution in [0.1, 0.15) is 58.4 Å². The number of rotatable bonds is 4. The number of likely N-dealkylation sites (tertiary alicyclic amines) is 1. The van der Waals surface area contributed by atoms with Gasteiger partial charge in [-0.2, -0.15) is 0 Å². The minimum absolute atomic E-state index is 0.0398. The zero-order valence-electron chi connectivity index (χ0n) is 16.4. The van der Waals surface area contributed by atoms with E-state index in [-0.39, 0.29) is 18.0 Å². The Morgan fingerprint density at radius 3 is 2.41 bits per heavy atom. The van der Waals surface area contributed by atoms with E-state index < -0.39 is 11.6 Å². The molecule has 1 saturated carbocycles. The van der Waals surface area contributed by atoms with Crippen molar-refractivity contribution < 1.29 is 14.3 Å². The summed E-state index contributed by atoms with van der Waals surface area (Å²) >= 11 is 5.98. The third-order valence-corrected chi connectivity index (χ3v) is 5.20. The van der Waals surface area contributed by atoms with Gasteiger partial charge in [0.2, 0.25) is 5.91 Å². The molecule has 0 aromatic heterocycles. The summed E-state index contributed by atoms with van der Waals surface area (Å²) in [6, 6.07) is 7.45. The summed E-state index contributed by atoms with van der Waals surface area (Å²) in [7, 11) is 0. The minimum Gasteiger partial charge on any atom is -0.444 e. The molecule has 2 fully saturated rings.